The Morgan fingerprint density at radius 3 is 2.41 bits per heavy atom. The van der Waals surface area contributed by atoms with Gasteiger partial charge in [-0.2, -0.15) is 0 Å². The maximum atomic E-state index is 13.2. The van der Waals surface area contributed by atoms with Gasteiger partial charge in [0.15, 0.2) is 0 Å². The first-order valence-electron chi connectivity index (χ1n) is 12.2. The summed E-state index contributed by atoms with van der Waals surface area (Å²) in [5.41, 5.74) is 1.49. The number of thioether (sulfide) groups is 1. The van der Waals surface area contributed by atoms with E-state index in [2.05, 4.69) is 16.0 Å². The van der Waals surface area contributed by atoms with E-state index in [4.69, 9.17) is 16.0 Å². The number of amides is 3. The lowest BCUT2D eigenvalue weighted by atomic mass is 10.2. The second-order valence-electron chi connectivity index (χ2n) is 8.36. The van der Waals surface area contributed by atoms with Crippen LogP contribution in [0.5, 0.6) is 0 Å². The standard InChI is InChI=1S/C30H26ClN3O4S/c1-2-27(30(37)33-25-16-7-6-15-24(25)31)39-23-14-8-12-21(18-23)32-29(36)26(19-22-13-9-17-38-22)34-28(35)20-10-4-3-5-11-20/h3-19,27H,2H2,1H3,(H,32,36)(H,33,37)(H,34,35)/b26-19-. The zero-order valence-electron chi connectivity index (χ0n) is 21.0. The monoisotopic (exact) mass is 559 g/mol. The highest BCUT2D eigenvalue weighted by Crippen LogP contribution is 2.30. The topological polar surface area (TPSA) is 100 Å². The van der Waals surface area contributed by atoms with Gasteiger partial charge in [0.25, 0.3) is 11.8 Å². The van der Waals surface area contributed by atoms with Crippen molar-refractivity contribution in [1.29, 1.82) is 0 Å². The van der Waals surface area contributed by atoms with E-state index in [-0.39, 0.29) is 16.9 Å². The van der Waals surface area contributed by atoms with Crippen LogP contribution in [-0.2, 0) is 9.59 Å². The summed E-state index contributed by atoms with van der Waals surface area (Å²) < 4.78 is 5.34. The van der Waals surface area contributed by atoms with E-state index in [9.17, 15) is 14.4 Å². The summed E-state index contributed by atoms with van der Waals surface area (Å²) in [5.74, 6) is -0.713. The molecule has 9 heteroatoms. The van der Waals surface area contributed by atoms with Crippen LogP contribution in [0.3, 0.4) is 0 Å². The molecule has 0 fully saturated rings. The van der Waals surface area contributed by atoms with Crippen LogP contribution >= 0.6 is 23.4 Å². The van der Waals surface area contributed by atoms with E-state index in [1.165, 1.54) is 24.1 Å². The Hall–Kier alpha value is -4.27. The van der Waals surface area contributed by atoms with Crippen LogP contribution in [0.1, 0.15) is 29.5 Å². The van der Waals surface area contributed by atoms with Crippen molar-refractivity contribution < 1.29 is 18.8 Å². The SMILES string of the molecule is CCC(Sc1cccc(NC(=O)/C(=C/c2ccco2)NC(=O)c2ccccc2)c1)C(=O)Nc1ccccc1Cl. The molecule has 3 N–H and O–H groups in total. The molecule has 7 nitrogen and oxygen atoms in total. The van der Waals surface area contributed by atoms with Gasteiger partial charge in [-0.1, -0.05) is 54.9 Å². The van der Waals surface area contributed by atoms with Crippen molar-refractivity contribution in [2.24, 2.45) is 0 Å². The van der Waals surface area contributed by atoms with Crippen molar-refractivity contribution in [2.45, 2.75) is 23.5 Å². The molecule has 3 aromatic carbocycles. The summed E-state index contributed by atoms with van der Waals surface area (Å²) in [6, 6.07) is 26.2. The Labute approximate surface area is 235 Å². The molecule has 1 atom stereocenters. The van der Waals surface area contributed by atoms with E-state index < -0.39 is 11.8 Å². The minimum absolute atomic E-state index is 0.0161. The first kappa shape index (κ1) is 27.8. The Morgan fingerprint density at radius 2 is 1.69 bits per heavy atom. The number of nitrogens with one attached hydrogen (secondary N) is 3. The van der Waals surface area contributed by atoms with Gasteiger partial charge in [0.05, 0.1) is 22.2 Å². The van der Waals surface area contributed by atoms with Crippen LogP contribution in [0.2, 0.25) is 5.02 Å². The fraction of sp³-hybridized carbons (Fsp3) is 0.100. The molecule has 1 heterocycles. The molecule has 0 bridgehead atoms. The van der Waals surface area contributed by atoms with Crippen molar-refractivity contribution in [3.8, 4) is 0 Å². The van der Waals surface area contributed by atoms with Crippen LogP contribution in [0.25, 0.3) is 6.08 Å². The molecule has 0 aliphatic rings. The smallest absolute Gasteiger partial charge is 0.272 e. The molecule has 0 aliphatic heterocycles. The third-order valence-corrected chi connectivity index (χ3v) is 7.21. The second-order valence-corrected chi connectivity index (χ2v) is 10.0. The van der Waals surface area contributed by atoms with Gasteiger partial charge >= 0.3 is 0 Å². The number of rotatable bonds is 10. The van der Waals surface area contributed by atoms with E-state index >= 15 is 0 Å². The number of hydrogen-bond donors (Lipinski definition) is 3. The van der Waals surface area contributed by atoms with Crippen molar-refractivity contribution in [3.05, 3.63) is 119 Å². The van der Waals surface area contributed by atoms with Crippen molar-refractivity contribution in [2.75, 3.05) is 10.6 Å². The maximum Gasteiger partial charge on any atom is 0.272 e. The van der Waals surface area contributed by atoms with Crippen molar-refractivity contribution in [1.82, 2.24) is 5.32 Å². The molecule has 39 heavy (non-hydrogen) atoms. The normalized spacial score (nSPS) is 11.9. The summed E-state index contributed by atoms with van der Waals surface area (Å²) in [6.45, 7) is 1.93. The molecule has 1 aromatic heterocycles. The molecule has 198 valence electrons. The number of furan rings is 1. The molecule has 4 aromatic rings. The fourth-order valence-electron chi connectivity index (χ4n) is 3.57. The third kappa shape index (κ3) is 7.86. The predicted molar refractivity (Wildman–Crippen MR) is 156 cm³/mol. The van der Waals surface area contributed by atoms with Crippen LogP contribution in [0.4, 0.5) is 11.4 Å². The number of carbonyl (C=O) groups is 3. The van der Waals surface area contributed by atoms with E-state index in [1.54, 1.807) is 84.9 Å². The number of benzene rings is 3. The Kier molecular flexibility index (Phi) is 9.61. The Balaban J connectivity index is 1.47. The van der Waals surface area contributed by atoms with Crippen LogP contribution in [0, 0.1) is 0 Å². The minimum Gasteiger partial charge on any atom is -0.465 e. The molecule has 0 saturated heterocycles. The molecule has 0 saturated carbocycles. The van der Waals surface area contributed by atoms with E-state index in [0.717, 1.165) is 4.90 Å². The molecular weight excluding hydrogens is 534 g/mol. The number of hydrogen-bond acceptors (Lipinski definition) is 5. The molecule has 0 spiro atoms. The first-order valence-corrected chi connectivity index (χ1v) is 13.4. The molecular formula is C30H26ClN3O4S. The van der Waals surface area contributed by atoms with E-state index in [1.807, 2.05) is 13.0 Å². The van der Waals surface area contributed by atoms with Crippen molar-refractivity contribution >= 4 is 58.5 Å². The van der Waals surface area contributed by atoms with Gasteiger partial charge in [-0.15, -0.1) is 11.8 Å². The third-order valence-electron chi connectivity index (χ3n) is 5.52. The van der Waals surface area contributed by atoms with Gasteiger partial charge in [-0.25, -0.2) is 0 Å². The minimum atomic E-state index is -0.527. The summed E-state index contributed by atoms with van der Waals surface area (Å²) >= 11 is 7.56. The molecule has 4 rings (SSSR count). The largest absolute Gasteiger partial charge is 0.465 e. The van der Waals surface area contributed by atoms with Gasteiger partial charge < -0.3 is 20.4 Å². The number of para-hydroxylation sites is 1. The zero-order chi connectivity index (χ0) is 27.6. The lowest BCUT2D eigenvalue weighted by Crippen LogP contribution is -2.30. The lowest BCUT2D eigenvalue weighted by molar-refractivity contribution is -0.116. The van der Waals surface area contributed by atoms with Gasteiger partial charge in [-0.05, 0) is 61.0 Å². The van der Waals surface area contributed by atoms with Crippen LogP contribution in [-0.4, -0.2) is 23.0 Å². The van der Waals surface area contributed by atoms with Gasteiger partial charge in [0.1, 0.15) is 11.5 Å². The summed E-state index contributed by atoms with van der Waals surface area (Å²) in [6.07, 6.45) is 3.52. The molecule has 0 radical (unpaired) electrons. The van der Waals surface area contributed by atoms with Gasteiger partial charge in [0, 0.05) is 22.2 Å². The van der Waals surface area contributed by atoms with Gasteiger partial charge in [0.2, 0.25) is 5.91 Å². The second kappa shape index (κ2) is 13.5. The first-order chi connectivity index (χ1) is 18.9. The quantitative estimate of drug-likeness (QED) is 0.146. The predicted octanol–water partition coefficient (Wildman–Crippen LogP) is 6.85. The molecule has 1 unspecified atom stereocenters. The highest BCUT2D eigenvalue weighted by molar-refractivity contribution is 8.00. The van der Waals surface area contributed by atoms with Crippen molar-refractivity contribution in [3.63, 3.8) is 0 Å². The number of carbonyl (C=O) groups excluding carboxylic acids is 3. The highest BCUT2D eigenvalue weighted by Gasteiger charge is 2.20. The Morgan fingerprint density at radius 1 is 0.923 bits per heavy atom. The van der Waals surface area contributed by atoms with Crippen LogP contribution < -0.4 is 16.0 Å². The van der Waals surface area contributed by atoms with Gasteiger partial charge in [-0.3, -0.25) is 14.4 Å². The average Bonchev–Trinajstić information content (AvgIpc) is 3.46. The summed E-state index contributed by atoms with van der Waals surface area (Å²) in [7, 11) is 0. The van der Waals surface area contributed by atoms with Crippen LogP contribution in [0.15, 0.2) is 112 Å². The van der Waals surface area contributed by atoms with E-state index in [0.29, 0.717) is 34.1 Å². The fourth-order valence-corrected chi connectivity index (χ4v) is 4.76. The number of anilines is 2. The maximum absolute atomic E-state index is 13.2. The highest BCUT2D eigenvalue weighted by atomic mass is 35.5. The number of halogens is 1. The lowest BCUT2D eigenvalue weighted by Gasteiger charge is -2.16. The zero-order valence-corrected chi connectivity index (χ0v) is 22.6. The molecule has 0 aliphatic carbocycles. The average molecular weight is 560 g/mol. The summed E-state index contributed by atoms with van der Waals surface area (Å²) in [5, 5.41) is 8.46. The summed E-state index contributed by atoms with van der Waals surface area (Å²) in [4.78, 5) is 39.7. The molecule has 3 amide bonds. The Bertz CT molecular complexity index is 1470.